The van der Waals surface area contributed by atoms with Gasteiger partial charge >= 0.3 is 0 Å². The molecule has 1 amide bonds. The maximum atomic E-state index is 12.3. The van der Waals surface area contributed by atoms with Gasteiger partial charge in [0.25, 0.3) is 0 Å². The highest BCUT2D eigenvalue weighted by atomic mass is 32.2. The number of hydrogen-bond acceptors (Lipinski definition) is 5. The molecule has 7 nitrogen and oxygen atoms in total. The third-order valence-electron chi connectivity index (χ3n) is 3.75. The molecule has 0 aliphatic carbocycles. The van der Waals surface area contributed by atoms with E-state index in [0.29, 0.717) is 36.0 Å². The first-order valence-corrected chi connectivity index (χ1v) is 8.67. The van der Waals surface area contributed by atoms with Crippen molar-refractivity contribution < 1.29 is 17.7 Å². The van der Waals surface area contributed by atoms with Gasteiger partial charge in [0.15, 0.2) is 5.58 Å². The normalized spacial score (nSPS) is 19.8. The van der Waals surface area contributed by atoms with Crippen LogP contribution < -0.4 is 4.72 Å². The van der Waals surface area contributed by atoms with Gasteiger partial charge < -0.3 is 9.42 Å². The summed E-state index contributed by atoms with van der Waals surface area (Å²) in [4.78, 5) is 13.0. The van der Waals surface area contributed by atoms with E-state index in [0.717, 1.165) is 0 Å². The number of fused-ring (bicyclic) bond motifs is 1. The molecular weight excluding hydrogens is 306 g/mol. The van der Waals surface area contributed by atoms with Gasteiger partial charge in [-0.3, -0.25) is 4.79 Å². The van der Waals surface area contributed by atoms with Gasteiger partial charge in [0.2, 0.25) is 15.9 Å². The zero-order valence-electron chi connectivity index (χ0n) is 12.2. The highest BCUT2D eigenvalue weighted by Gasteiger charge is 2.27. The van der Waals surface area contributed by atoms with Crippen LogP contribution in [0, 0.1) is 0 Å². The quantitative estimate of drug-likeness (QED) is 0.901. The minimum Gasteiger partial charge on any atom is -0.356 e. The van der Waals surface area contributed by atoms with Crippen molar-refractivity contribution in [2.45, 2.75) is 24.6 Å². The molecule has 1 saturated heterocycles. The molecule has 2 heterocycles. The topological polar surface area (TPSA) is 92.5 Å². The molecule has 1 atom stereocenters. The first-order valence-electron chi connectivity index (χ1n) is 7.02. The number of benzene rings is 1. The molecule has 2 aromatic rings. The molecule has 1 aromatic carbocycles. The predicted octanol–water partition coefficient (Wildman–Crippen LogP) is 0.868. The van der Waals surface area contributed by atoms with Gasteiger partial charge in [-0.05, 0) is 18.6 Å². The van der Waals surface area contributed by atoms with E-state index in [1.165, 1.54) is 0 Å². The fourth-order valence-corrected chi connectivity index (χ4v) is 3.98. The number of nitrogens with one attached hydrogen (secondary N) is 1. The molecule has 1 aliphatic rings. The fraction of sp³-hybridized carbons (Fsp3) is 0.429. The summed E-state index contributed by atoms with van der Waals surface area (Å²) in [5.74, 6) is -0.198. The second-order valence-corrected chi connectivity index (χ2v) is 7.27. The number of carbonyl (C=O) groups is 1. The maximum absolute atomic E-state index is 12.3. The monoisotopic (exact) mass is 323 g/mol. The molecule has 22 heavy (non-hydrogen) atoms. The molecule has 0 radical (unpaired) electrons. The molecule has 1 aromatic heterocycles. The van der Waals surface area contributed by atoms with Crippen LogP contribution in [0.3, 0.4) is 0 Å². The first kappa shape index (κ1) is 15.0. The van der Waals surface area contributed by atoms with E-state index < -0.39 is 10.0 Å². The van der Waals surface area contributed by atoms with Crippen LogP contribution in [-0.2, 0) is 20.6 Å². The van der Waals surface area contributed by atoms with E-state index in [1.54, 1.807) is 30.1 Å². The molecule has 8 heteroatoms. The second-order valence-electron chi connectivity index (χ2n) is 5.51. The van der Waals surface area contributed by atoms with Crippen molar-refractivity contribution in [2.75, 3.05) is 13.6 Å². The minimum atomic E-state index is -3.55. The fourth-order valence-electron chi connectivity index (χ4n) is 2.63. The third kappa shape index (κ3) is 3.12. The molecule has 0 bridgehead atoms. The Bertz CT molecular complexity index is 799. The Morgan fingerprint density at radius 3 is 2.95 bits per heavy atom. The van der Waals surface area contributed by atoms with Crippen LogP contribution in [0.15, 0.2) is 28.8 Å². The van der Waals surface area contributed by atoms with Crippen molar-refractivity contribution in [1.82, 2.24) is 14.8 Å². The average Bonchev–Trinajstić information content (AvgIpc) is 2.85. The molecule has 1 unspecified atom stereocenters. The largest absolute Gasteiger partial charge is 0.356 e. The lowest BCUT2D eigenvalue weighted by molar-refractivity contribution is -0.132. The van der Waals surface area contributed by atoms with Crippen LogP contribution in [0.5, 0.6) is 0 Å². The number of nitrogens with zero attached hydrogens (tertiary/aromatic N) is 2. The van der Waals surface area contributed by atoms with Crippen molar-refractivity contribution in [1.29, 1.82) is 0 Å². The van der Waals surface area contributed by atoms with Gasteiger partial charge in [-0.25, -0.2) is 13.1 Å². The lowest BCUT2D eigenvalue weighted by atomic mass is 10.1. The van der Waals surface area contributed by atoms with E-state index >= 15 is 0 Å². The standard InChI is InChI=1S/C14H17N3O4S/c1-17-8-10(6-7-14(17)18)16-22(19,20)9-12-11-4-2-3-5-13(11)21-15-12/h2-5,10,16H,6-9H2,1H3. The zero-order valence-corrected chi connectivity index (χ0v) is 13.0. The minimum absolute atomic E-state index is 0.0398. The average molecular weight is 323 g/mol. The molecular formula is C14H17N3O4S. The van der Waals surface area contributed by atoms with Crippen molar-refractivity contribution in [3.63, 3.8) is 0 Å². The van der Waals surface area contributed by atoms with Gasteiger partial charge in [0.1, 0.15) is 11.4 Å². The Hall–Kier alpha value is -1.93. The van der Waals surface area contributed by atoms with E-state index in [-0.39, 0.29) is 17.7 Å². The SMILES string of the molecule is CN1CC(NS(=O)(=O)Cc2noc3ccccc23)CCC1=O. The van der Waals surface area contributed by atoms with Crippen LogP contribution in [0.4, 0.5) is 0 Å². The van der Waals surface area contributed by atoms with Crippen molar-refractivity contribution >= 4 is 26.9 Å². The number of likely N-dealkylation sites (N-methyl/N-ethyl adjacent to an activating group) is 1. The molecule has 3 rings (SSSR count). The summed E-state index contributed by atoms with van der Waals surface area (Å²) in [5.41, 5.74) is 0.957. The Labute approximate surface area is 128 Å². The van der Waals surface area contributed by atoms with Gasteiger partial charge in [0.05, 0.1) is 0 Å². The van der Waals surface area contributed by atoms with Gasteiger partial charge in [-0.1, -0.05) is 17.3 Å². The van der Waals surface area contributed by atoms with Crippen LogP contribution in [0.1, 0.15) is 18.5 Å². The van der Waals surface area contributed by atoms with Crippen LogP contribution >= 0.6 is 0 Å². The van der Waals surface area contributed by atoms with E-state index in [2.05, 4.69) is 9.88 Å². The number of para-hydroxylation sites is 1. The van der Waals surface area contributed by atoms with Gasteiger partial charge in [0, 0.05) is 31.4 Å². The van der Waals surface area contributed by atoms with Gasteiger partial charge in [-0.15, -0.1) is 0 Å². The number of amides is 1. The molecule has 118 valence electrons. The second kappa shape index (κ2) is 5.69. The maximum Gasteiger partial charge on any atom is 0.222 e. The van der Waals surface area contributed by atoms with Crippen LogP contribution in [-0.4, -0.2) is 44.0 Å². The number of carbonyl (C=O) groups excluding carboxylic acids is 1. The molecule has 1 N–H and O–H groups in total. The molecule has 0 spiro atoms. The number of hydrogen-bond donors (Lipinski definition) is 1. The molecule has 1 fully saturated rings. The molecule has 1 aliphatic heterocycles. The third-order valence-corrected chi connectivity index (χ3v) is 5.10. The summed E-state index contributed by atoms with van der Waals surface area (Å²) in [7, 11) is -1.87. The zero-order chi connectivity index (χ0) is 15.7. The van der Waals surface area contributed by atoms with Crippen molar-refractivity contribution in [2.24, 2.45) is 0 Å². The predicted molar refractivity (Wildman–Crippen MR) is 80.4 cm³/mol. The Morgan fingerprint density at radius 2 is 2.18 bits per heavy atom. The summed E-state index contributed by atoms with van der Waals surface area (Å²) in [6.45, 7) is 0.387. The van der Waals surface area contributed by atoms with Gasteiger partial charge in [-0.2, -0.15) is 0 Å². The Balaban J connectivity index is 1.72. The number of piperidine rings is 1. The summed E-state index contributed by atoms with van der Waals surface area (Å²) >= 11 is 0. The Kier molecular flexibility index (Phi) is 3.88. The van der Waals surface area contributed by atoms with Crippen LogP contribution in [0.25, 0.3) is 11.0 Å². The summed E-state index contributed by atoms with van der Waals surface area (Å²) in [6, 6.07) is 6.88. The van der Waals surface area contributed by atoms with Crippen molar-refractivity contribution in [3.8, 4) is 0 Å². The van der Waals surface area contributed by atoms with Crippen molar-refractivity contribution in [3.05, 3.63) is 30.0 Å². The number of aromatic nitrogens is 1. The van der Waals surface area contributed by atoms with E-state index in [9.17, 15) is 13.2 Å². The summed E-state index contributed by atoms with van der Waals surface area (Å²) < 4.78 is 32.4. The lowest BCUT2D eigenvalue weighted by Crippen LogP contribution is -2.48. The smallest absolute Gasteiger partial charge is 0.222 e. The summed E-state index contributed by atoms with van der Waals surface area (Å²) in [5, 5.41) is 4.54. The highest BCUT2D eigenvalue weighted by Crippen LogP contribution is 2.20. The Morgan fingerprint density at radius 1 is 1.41 bits per heavy atom. The number of sulfonamides is 1. The number of rotatable bonds is 4. The van der Waals surface area contributed by atoms with Crippen LogP contribution in [0.2, 0.25) is 0 Å². The molecule has 0 saturated carbocycles. The first-order chi connectivity index (χ1) is 10.4. The summed E-state index contributed by atoms with van der Waals surface area (Å²) in [6.07, 6.45) is 0.874. The van der Waals surface area contributed by atoms with E-state index in [4.69, 9.17) is 4.52 Å². The number of likely N-dealkylation sites (tertiary alicyclic amines) is 1. The highest BCUT2D eigenvalue weighted by molar-refractivity contribution is 7.88. The lowest BCUT2D eigenvalue weighted by Gasteiger charge is -2.29. The van der Waals surface area contributed by atoms with E-state index in [1.807, 2.05) is 6.07 Å².